The third-order valence-corrected chi connectivity index (χ3v) is 6.91. The van der Waals surface area contributed by atoms with Gasteiger partial charge in [0.25, 0.3) is 5.91 Å². The summed E-state index contributed by atoms with van der Waals surface area (Å²) >= 11 is 0. The Balaban J connectivity index is 1.13. The van der Waals surface area contributed by atoms with Gasteiger partial charge in [-0.1, -0.05) is 0 Å². The summed E-state index contributed by atoms with van der Waals surface area (Å²) in [6.07, 6.45) is -0.873. The molecule has 3 heterocycles. The Morgan fingerprint density at radius 2 is 1.57 bits per heavy atom. The number of anilines is 3. The minimum atomic E-state index is -0.443. The van der Waals surface area contributed by atoms with Crippen molar-refractivity contribution < 1.29 is 28.5 Å². The molecule has 2 amide bonds. The summed E-state index contributed by atoms with van der Waals surface area (Å²) in [6, 6.07) is 16.8. The van der Waals surface area contributed by atoms with E-state index < -0.39 is 12.2 Å². The molecule has 1 aromatic heterocycles. The summed E-state index contributed by atoms with van der Waals surface area (Å²) in [4.78, 5) is 39.7. The maximum Gasteiger partial charge on any atom is 0.414 e. The summed E-state index contributed by atoms with van der Waals surface area (Å²) in [5, 5.41) is 2.83. The molecule has 0 spiro atoms. The summed E-state index contributed by atoms with van der Waals surface area (Å²) in [5.74, 6) is 1.66. The van der Waals surface area contributed by atoms with Gasteiger partial charge in [-0.3, -0.25) is 9.69 Å². The number of amides is 2. The van der Waals surface area contributed by atoms with Gasteiger partial charge in [0.2, 0.25) is 5.88 Å². The van der Waals surface area contributed by atoms with Gasteiger partial charge in [0, 0.05) is 49.2 Å². The van der Waals surface area contributed by atoms with E-state index in [1.807, 2.05) is 24.3 Å². The number of cyclic esters (lactones) is 1. The molecular formula is C28H32N6O6. The second-order valence-corrected chi connectivity index (χ2v) is 9.30. The van der Waals surface area contributed by atoms with Crippen molar-refractivity contribution in [3.63, 3.8) is 0 Å². The molecular weight excluding hydrogens is 516 g/mol. The predicted octanol–water partition coefficient (Wildman–Crippen LogP) is 2.58. The van der Waals surface area contributed by atoms with Crippen LogP contribution in [0.25, 0.3) is 0 Å². The first kappa shape index (κ1) is 26.9. The van der Waals surface area contributed by atoms with E-state index in [4.69, 9.17) is 18.9 Å². The molecule has 3 aromatic rings. The predicted molar refractivity (Wildman–Crippen MR) is 149 cm³/mol. The van der Waals surface area contributed by atoms with E-state index in [-0.39, 0.29) is 18.5 Å². The first-order valence-corrected chi connectivity index (χ1v) is 12.9. The maximum absolute atomic E-state index is 12.6. The van der Waals surface area contributed by atoms with Gasteiger partial charge in [0.05, 0.1) is 34.4 Å². The zero-order valence-corrected chi connectivity index (χ0v) is 22.7. The van der Waals surface area contributed by atoms with E-state index in [1.165, 1.54) is 7.11 Å². The molecule has 2 aliphatic rings. The first-order valence-electron chi connectivity index (χ1n) is 12.9. The van der Waals surface area contributed by atoms with Crippen LogP contribution in [0.2, 0.25) is 0 Å². The summed E-state index contributed by atoms with van der Waals surface area (Å²) in [7, 11) is 4.67. The standard InChI is InChI=1S/C28H32N6O6/c1-37-22-10-4-19(5-11-22)26(35)29-17-23-18-34(28(36)40-23)21-8-6-20(7-9-21)32-12-14-33(15-13-32)24-16-25(38-2)31-27(30-24)39-3/h4-11,16,23H,12-15,17-18H2,1-3H3,(H,29,35). The van der Waals surface area contributed by atoms with Crippen molar-refractivity contribution in [2.45, 2.75) is 6.10 Å². The molecule has 1 unspecified atom stereocenters. The lowest BCUT2D eigenvalue weighted by Gasteiger charge is -2.36. The normalized spacial score (nSPS) is 16.9. The summed E-state index contributed by atoms with van der Waals surface area (Å²) in [6.45, 7) is 3.72. The zero-order valence-electron chi connectivity index (χ0n) is 22.7. The molecule has 2 aliphatic heterocycles. The lowest BCUT2D eigenvalue weighted by atomic mass is 10.2. The Morgan fingerprint density at radius 1 is 0.900 bits per heavy atom. The fourth-order valence-electron chi connectivity index (χ4n) is 4.68. The van der Waals surface area contributed by atoms with Gasteiger partial charge in [-0.25, -0.2) is 4.79 Å². The zero-order chi connectivity index (χ0) is 28.1. The van der Waals surface area contributed by atoms with E-state index in [0.29, 0.717) is 23.7 Å². The molecule has 0 bridgehead atoms. The molecule has 5 rings (SSSR count). The van der Waals surface area contributed by atoms with Gasteiger partial charge < -0.3 is 34.1 Å². The highest BCUT2D eigenvalue weighted by atomic mass is 16.6. The van der Waals surface area contributed by atoms with E-state index in [0.717, 1.165) is 43.4 Å². The highest BCUT2D eigenvalue weighted by Crippen LogP contribution is 2.27. The molecule has 2 aromatic carbocycles. The molecule has 2 fully saturated rings. The van der Waals surface area contributed by atoms with Gasteiger partial charge >= 0.3 is 12.1 Å². The third-order valence-electron chi connectivity index (χ3n) is 6.91. The topological polar surface area (TPSA) is 119 Å². The molecule has 12 heteroatoms. The number of benzene rings is 2. The van der Waals surface area contributed by atoms with Gasteiger partial charge in [-0.15, -0.1) is 0 Å². The van der Waals surface area contributed by atoms with E-state index >= 15 is 0 Å². The smallest absolute Gasteiger partial charge is 0.414 e. The number of carbonyl (C=O) groups is 2. The number of nitrogens with zero attached hydrogens (tertiary/aromatic N) is 5. The number of piperazine rings is 1. The van der Waals surface area contributed by atoms with Crippen LogP contribution in [0.15, 0.2) is 54.6 Å². The summed E-state index contributed by atoms with van der Waals surface area (Å²) in [5.41, 5.74) is 2.32. The SMILES string of the molecule is COc1ccc(C(=O)NCC2CN(c3ccc(N4CCN(c5cc(OC)nc(OC)n5)CC4)cc3)C(=O)O2)cc1. The molecule has 1 atom stereocenters. The lowest BCUT2D eigenvalue weighted by molar-refractivity contribution is 0.0916. The van der Waals surface area contributed by atoms with Crippen LogP contribution in [0.5, 0.6) is 17.6 Å². The Bertz CT molecular complexity index is 1310. The Morgan fingerprint density at radius 3 is 2.23 bits per heavy atom. The number of rotatable bonds is 9. The van der Waals surface area contributed by atoms with E-state index in [9.17, 15) is 9.59 Å². The molecule has 0 radical (unpaired) electrons. The van der Waals surface area contributed by atoms with Crippen molar-refractivity contribution in [1.82, 2.24) is 15.3 Å². The average molecular weight is 549 g/mol. The maximum atomic E-state index is 12.6. The lowest BCUT2D eigenvalue weighted by Crippen LogP contribution is -2.46. The number of aromatic nitrogens is 2. The number of carbonyl (C=O) groups excluding carboxylic acids is 2. The second-order valence-electron chi connectivity index (χ2n) is 9.30. The van der Waals surface area contributed by atoms with Gasteiger partial charge in [0.1, 0.15) is 17.7 Å². The average Bonchev–Trinajstić information content (AvgIpc) is 3.39. The van der Waals surface area contributed by atoms with E-state index in [1.54, 1.807) is 49.5 Å². The van der Waals surface area contributed by atoms with Crippen LogP contribution in [-0.4, -0.2) is 88.7 Å². The van der Waals surface area contributed by atoms with Crippen LogP contribution in [0, 0.1) is 0 Å². The molecule has 0 aliphatic carbocycles. The minimum absolute atomic E-state index is 0.222. The highest BCUT2D eigenvalue weighted by Gasteiger charge is 2.32. The number of hydrogen-bond donors (Lipinski definition) is 1. The number of nitrogens with one attached hydrogen (secondary N) is 1. The van der Waals surface area contributed by atoms with Gasteiger partial charge in [-0.05, 0) is 48.5 Å². The molecule has 2 saturated heterocycles. The third kappa shape index (κ3) is 5.95. The van der Waals surface area contributed by atoms with Crippen LogP contribution in [0.4, 0.5) is 22.0 Å². The van der Waals surface area contributed by atoms with Crippen molar-refractivity contribution in [3.05, 3.63) is 60.2 Å². The Kier molecular flexibility index (Phi) is 8.04. The quantitative estimate of drug-likeness (QED) is 0.427. The van der Waals surface area contributed by atoms with Crippen molar-refractivity contribution in [2.24, 2.45) is 0 Å². The van der Waals surface area contributed by atoms with E-state index in [2.05, 4.69) is 25.1 Å². The van der Waals surface area contributed by atoms with Crippen molar-refractivity contribution in [2.75, 3.05) is 75.3 Å². The van der Waals surface area contributed by atoms with Gasteiger partial charge in [-0.2, -0.15) is 9.97 Å². The Labute approximate surface area is 232 Å². The van der Waals surface area contributed by atoms with Crippen LogP contribution in [-0.2, 0) is 4.74 Å². The Hall–Kier alpha value is -4.74. The minimum Gasteiger partial charge on any atom is -0.497 e. The van der Waals surface area contributed by atoms with Crippen molar-refractivity contribution in [1.29, 1.82) is 0 Å². The van der Waals surface area contributed by atoms with Crippen molar-refractivity contribution >= 4 is 29.2 Å². The number of ether oxygens (including phenoxy) is 4. The molecule has 0 saturated carbocycles. The van der Waals surface area contributed by atoms with Crippen LogP contribution in [0.3, 0.4) is 0 Å². The largest absolute Gasteiger partial charge is 0.497 e. The molecule has 40 heavy (non-hydrogen) atoms. The molecule has 1 N–H and O–H groups in total. The molecule has 210 valence electrons. The van der Waals surface area contributed by atoms with Crippen molar-refractivity contribution in [3.8, 4) is 17.6 Å². The highest BCUT2D eigenvalue weighted by molar-refractivity contribution is 5.94. The second kappa shape index (κ2) is 12.0. The van der Waals surface area contributed by atoms with Gasteiger partial charge in [0.15, 0.2) is 0 Å². The summed E-state index contributed by atoms with van der Waals surface area (Å²) < 4.78 is 21.1. The number of methoxy groups -OCH3 is 3. The monoisotopic (exact) mass is 548 g/mol. The fourth-order valence-corrected chi connectivity index (χ4v) is 4.68. The van der Waals surface area contributed by atoms with Crippen LogP contribution in [0.1, 0.15) is 10.4 Å². The first-order chi connectivity index (χ1) is 19.5. The number of hydrogen-bond acceptors (Lipinski definition) is 10. The van der Waals surface area contributed by atoms with Crippen LogP contribution < -0.4 is 34.2 Å². The fraction of sp³-hybridized carbons (Fsp3) is 0.357. The molecule has 12 nitrogen and oxygen atoms in total. The van der Waals surface area contributed by atoms with Crippen LogP contribution >= 0.6 is 0 Å².